The fourth-order valence-corrected chi connectivity index (χ4v) is 5.45. The first-order valence-electron chi connectivity index (χ1n) is 15.4. The first kappa shape index (κ1) is 35.0. The second-order valence-corrected chi connectivity index (χ2v) is 13.3. The molecule has 226 valence electrons. The number of rotatable bonds is 10. The molecule has 0 saturated heterocycles. The van der Waals surface area contributed by atoms with Crippen LogP contribution in [0.5, 0.6) is 0 Å². The maximum atomic E-state index is 12.2. The van der Waals surface area contributed by atoms with E-state index in [4.69, 9.17) is 0 Å². The highest BCUT2D eigenvalue weighted by Crippen LogP contribution is 2.41. The van der Waals surface area contributed by atoms with Gasteiger partial charge in [0.05, 0.1) is 6.10 Å². The second-order valence-electron chi connectivity index (χ2n) is 13.3. The minimum Gasteiger partial charge on any atom is -0.389 e. The third-order valence-electron chi connectivity index (χ3n) is 8.52. The van der Waals surface area contributed by atoms with Crippen molar-refractivity contribution in [2.75, 3.05) is 0 Å². The number of hydrogen-bond donors (Lipinski definition) is 1. The van der Waals surface area contributed by atoms with Gasteiger partial charge in [-0.2, -0.15) is 0 Å². The maximum Gasteiger partial charge on any atom is 0.158 e. The number of carbonyl (C=O) groups excluding carboxylic acids is 1. The van der Waals surface area contributed by atoms with Crippen LogP contribution < -0.4 is 0 Å². The molecule has 0 spiro atoms. The molecule has 0 fully saturated rings. The minimum absolute atomic E-state index is 0.0428. The summed E-state index contributed by atoms with van der Waals surface area (Å²) in [5, 5.41) is 10.3. The zero-order valence-electron chi connectivity index (χ0n) is 27.8. The van der Waals surface area contributed by atoms with Crippen molar-refractivity contribution < 1.29 is 9.90 Å². The van der Waals surface area contributed by atoms with Crippen LogP contribution >= 0.6 is 0 Å². The lowest BCUT2D eigenvalue weighted by Crippen LogP contribution is -2.27. The summed E-state index contributed by atoms with van der Waals surface area (Å²) in [6.45, 7) is 21.4. The number of allylic oxidation sites excluding steroid dienone is 21. The molecule has 2 heteroatoms. The third kappa shape index (κ3) is 10.9. The molecule has 0 bridgehead atoms. The topological polar surface area (TPSA) is 37.3 Å². The highest BCUT2D eigenvalue weighted by Gasteiger charge is 2.31. The van der Waals surface area contributed by atoms with Gasteiger partial charge in [0.2, 0.25) is 0 Å². The number of aliphatic hydroxyl groups is 1. The van der Waals surface area contributed by atoms with Crippen molar-refractivity contribution >= 4 is 5.78 Å². The smallest absolute Gasteiger partial charge is 0.158 e. The fourth-order valence-electron chi connectivity index (χ4n) is 5.45. The maximum absolute atomic E-state index is 12.2. The number of hydrogen-bond acceptors (Lipinski definition) is 2. The molecule has 2 nitrogen and oxygen atoms in total. The molecule has 0 radical (unpaired) electrons. The van der Waals surface area contributed by atoms with Gasteiger partial charge in [-0.15, -0.1) is 0 Å². The van der Waals surface area contributed by atoms with Crippen LogP contribution in [0.4, 0.5) is 0 Å². The van der Waals surface area contributed by atoms with Gasteiger partial charge < -0.3 is 5.11 Å². The summed E-state index contributed by atoms with van der Waals surface area (Å²) in [6.07, 6.45) is 32.6. The fraction of sp³-hybridized carbons (Fsp3) is 0.425. The zero-order chi connectivity index (χ0) is 31.5. The van der Waals surface area contributed by atoms with Crippen molar-refractivity contribution in [2.24, 2.45) is 10.8 Å². The number of carbonyl (C=O) groups is 1. The van der Waals surface area contributed by atoms with Crippen LogP contribution in [0.15, 0.2) is 130 Å². The molecule has 42 heavy (non-hydrogen) atoms. The first-order chi connectivity index (χ1) is 19.6. The summed E-state index contributed by atoms with van der Waals surface area (Å²) in [6, 6.07) is 0. The molecule has 0 saturated carbocycles. The summed E-state index contributed by atoms with van der Waals surface area (Å²) in [4.78, 5) is 12.2. The van der Waals surface area contributed by atoms with E-state index in [9.17, 15) is 9.90 Å². The molecule has 1 atom stereocenters. The summed E-state index contributed by atoms with van der Waals surface area (Å²) < 4.78 is 0. The number of ketones is 1. The average Bonchev–Trinajstić information content (AvgIpc) is 2.91. The van der Waals surface area contributed by atoms with E-state index in [2.05, 4.69) is 147 Å². The molecular formula is C40H54O2. The van der Waals surface area contributed by atoms with Gasteiger partial charge in [0.1, 0.15) is 0 Å². The van der Waals surface area contributed by atoms with Gasteiger partial charge in [0, 0.05) is 6.42 Å². The summed E-state index contributed by atoms with van der Waals surface area (Å²) in [5.41, 5.74) is 9.24. The molecule has 0 aromatic heterocycles. The second kappa shape index (κ2) is 15.8. The monoisotopic (exact) mass is 566 g/mol. The van der Waals surface area contributed by atoms with E-state index in [1.807, 2.05) is 6.92 Å². The molecule has 0 unspecified atom stereocenters. The standard InChI is InChI=1S/C40H54O2/c1-29(17-13-19-31(3)21-23-35-33(5)37(41)25-27-39(35,7)8)15-11-12-16-30(2)18-14-20-32(4)22-24-36-34(6)38(42)26-28-40(36,9)10/h11-24,37,41H,25-28H2,1-10H3/b12-11+,17-13+,18-14+,23-21+,24-22-,29-15-,30-16+,31-19+,32-20+/t37-/m1/s1. The highest BCUT2D eigenvalue weighted by molar-refractivity contribution is 5.97. The summed E-state index contributed by atoms with van der Waals surface area (Å²) in [7, 11) is 0. The number of aliphatic hydroxyl groups excluding tert-OH is 1. The lowest BCUT2D eigenvalue weighted by molar-refractivity contribution is -0.116. The molecule has 2 rings (SSSR count). The van der Waals surface area contributed by atoms with Crippen LogP contribution in [0.25, 0.3) is 0 Å². The van der Waals surface area contributed by atoms with Crippen molar-refractivity contribution in [2.45, 2.75) is 101 Å². The molecule has 2 aliphatic rings. The van der Waals surface area contributed by atoms with Crippen molar-refractivity contribution in [3.05, 3.63) is 130 Å². The van der Waals surface area contributed by atoms with E-state index < -0.39 is 0 Å². The van der Waals surface area contributed by atoms with E-state index >= 15 is 0 Å². The van der Waals surface area contributed by atoms with Gasteiger partial charge in [0.15, 0.2) is 5.78 Å². The molecule has 0 aromatic rings. The van der Waals surface area contributed by atoms with Crippen molar-refractivity contribution in [1.29, 1.82) is 0 Å². The first-order valence-corrected chi connectivity index (χ1v) is 15.4. The quantitative estimate of drug-likeness (QED) is 0.267. The van der Waals surface area contributed by atoms with Gasteiger partial charge in [-0.3, -0.25) is 4.79 Å². The van der Waals surface area contributed by atoms with Crippen LogP contribution in [0.3, 0.4) is 0 Å². The van der Waals surface area contributed by atoms with Gasteiger partial charge >= 0.3 is 0 Å². The van der Waals surface area contributed by atoms with E-state index in [0.717, 1.165) is 41.6 Å². The van der Waals surface area contributed by atoms with Crippen molar-refractivity contribution in [1.82, 2.24) is 0 Å². The van der Waals surface area contributed by atoms with Crippen molar-refractivity contribution in [3.63, 3.8) is 0 Å². The molecule has 2 aliphatic carbocycles. The van der Waals surface area contributed by atoms with Crippen LogP contribution in [0, 0.1) is 10.8 Å². The summed E-state index contributed by atoms with van der Waals surface area (Å²) in [5.74, 6) is 0.273. The Hall–Kier alpha value is -3.23. The molecule has 1 N–H and O–H groups in total. The Morgan fingerprint density at radius 1 is 0.667 bits per heavy atom. The van der Waals surface area contributed by atoms with Crippen LogP contribution in [0.2, 0.25) is 0 Å². The van der Waals surface area contributed by atoms with Crippen LogP contribution in [0.1, 0.15) is 94.9 Å². The van der Waals surface area contributed by atoms with E-state index in [0.29, 0.717) is 6.42 Å². The van der Waals surface area contributed by atoms with Crippen LogP contribution in [-0.4, -0.2) is 17.0 Å². The van der Waals surface area contributed by atoms with E-state index in [1.54, 1.807) is 0 Å². The van der Waals surface area contributed by atoms with Crippen LogP contribution in [-0.2, 0) is 4.79 Å². The van der Waals surface area contributed by atoms with Gasteiger partial charge in [-0.05, 0) is 93.9 Å². The summed E-state index contributed by atoms with van der Waals surface area (Å²) >= 11 is 0. The van der Waals surface area contributed by atoms with Gasteiger partial charge in [0.25, 0.3) is 0 Å². The Labute approximate surface area is 256 Å². The molecule has 0 amide bonds. The minimum atomic E-state index is -0.318. The molecule has 0 heterocycles. The Kier molecular flexibility index (Phi) is 13.2. The predicted molar refractivity (Wildman–Crippen MR) is 183 cm³/mol. The SMILES string of the molecule is CC1=C(\C=C/C(C)=C/C=C/C(C)=C/C=C/C=C(C)\C=C\C=C(C)\C=C\C2=C(C)[C@H](O)CCC2(C)C)C(C)(C)CCC1=O. The zero-order valence-corrected chi connectivity index (χ0v) is 27.8. The predicted octanol–water partition coefficient (Wildman–Crippen LogP) is 10.8. The van der Waals surface area contributed by atoms with Crippen molar-refractivity contribution in [3.8, 4) is 0 Å². The van der Waals surface area contributed by atoms with E-state index in [1.165, 1.54) is 22.3 Å². The van der Waals surface area contributed by atoms with E-state index in [-0.39, 0.29) is 22.7 Å². The lowest BCUT2D eigenvalue weighted by Gasteiger charge is -2.35. The van der Waals surface area contributed by atoms with Gasteiger partial charge in [-0.1, -0.05) is 135 Å². The molecular weight excluding hydrogens is 512 g/mol. The third-order valence-corrected chi connectivity index (χ3v) is 8.52. The highest BCUT2D eigenvalue weighted by atomic mass is 16.3. The molecule has 0 aliphatic heterocycles. The number of Topliss-reactive ketones (excluding diaryl/α,β-unsaturated/α-hetero) is 1. The Morgan fingerprint density at radius 2 is 1.10 bits per heavy atom. The average molecular weight is 567 g/mol. The Bertz CT molecular complexity index is 1330. The van der Waals surface area contributed by atoms with Gasteiger partial charge in [-0.25, -0.2) is 0 Å². The normalized spacial score (nSPS) is 23.3. The molecule has 0 aromatic carbocycles. The largest absolute Gasteiger partial charge is 0.389 e. The Balaban J connectivity index is 1.92. The lowest BCUT2D eigenvalue weighted by atomic mass is 9.71. The Morgan fingerprint density at radius 3 is 1.62 bits per heavy atom.